The lowest BCUT2D eigenvalue weighted by molar-refractivity contribution is 0.660. The van der Waals surface area contributed by atoms with E-state index in [1.807, 2.05) is 0 Å². The lowest BCUT2D eigenvalue weighted by atomic mass is 9.82. The van der Waals surface area contributed by atoms with Gasteiger partial charge in [0.05, 0.1) is 0 Å². The number of rotatable bonds is 8. The monoisotopic (exact) mass is 760 g/mol. The second-order valence-electron chi connectivity index (χ2n) is 17.2. The predicted octanol–water partition coefficient (Wildman–Crippen LogP) is 15.7. The number of anilines is 6. The summed E-state index contributed by atoms with van der Waals surface area (Å²) < 4.78 is 0. The molecular formula is C57H48N2. The van der Waals surface area contributed by atoms with E-state index in [2.05, 4.69) is 245 Å². The van der Waals surface area contributed by atoms with E-state index >= 15 is 0 Å². The fraction of sp³-hybridized carbons (Fsp3) is 0.123. The molecule has 2 nitrogen and oxygen atoms in total. The number of hydrogen-bond acceptors (Lipinski definition) is 2. The summed E-state index contributed by atoms with van der Waals surface area (Å²) in [5.74, 6) is 0. The number of hydrogen-bond donors (Lipinski definition) is 0. The van der Waals surface area contributed by atoms with E-state index in [9.17, 15) is 0 Å². The Hall–Kier alpha value is -6.90. The van der Waals surface area contributed by atoms with Crippen LogP contribution >= 0.6 is 0 Å². The van der Waals surface area contributed by atoms with Gasteiger partial charge in [-0.2, -0.15) is 0 Å². The minimum atomic E-state index is -0.0947. The highest BCUT2D eigenvalue weighted by molar-refractivity contribution is 5.88. The zero-order chi connectivity index (χ0) is 40.3. The van der Waals surface area contributed by atoms with Crippen molar-refractivity contribution in [3.05, 3.63) is 227 Å². The number of para-hydroxylation sites is 1. The van der Waals surface area contributed by atoms with Gasteiger partial charge in [0.15, 0.2) is 0 Å². The van der Waals surface area contributed by atoms with E-state index in [1.54, 1.807) is 0 Å². The molecule has 10 rings (SSSR count). The number of fused-ring (bicyclic) bond motifs is 6. The van der Waals surface area contributed by atoms with Crippen molar-refractivity contribution >= 4 is 46.3 Å². The lowest BCUT2D eigenvalue weighted by Crippen LogP contribution is -2.18. The molecule has 0 aliphatic heterocycles. The molecule has 2 aliphatic rings. The molecule has 0 bridgehead atoms. The minimum Gasteiger partial charge on any atom is -0.311 e. The van der Waals surface area contributed by atoms with Crippen LogP contribution in [0.15, 0.2) is 188 Å². The second kappa shape index (κ2) is 14.2. The Kier molecular flexibility index (Phi) is 8.76. The molecule has 286 valence electrons. The van der Waals surface area contributed by atoms with Gasteiger partial charge in [0, 0.05) is 45.0 Å². The minimum absolute atomic E-state index is 0.0947. The molecule has 2 heteroatoms. The van der Waals surface area contributed by atoms with Crippen LogP contribution in [-0.4, -0.2) is 0 Å². The first-order valence-corrected chi connectivity index (χ1v) is 20.8. The summed E-state index contributed by atoms with van der Waals surface area (Å²) in [5.41, 5.74) is 21.1. The van der Waals surface area contributed by atoms with Crippen molar-refractivity contribution in [2.24, 2.45) is 0 Å². The summed E-state index contributed by atoms with van der Waals surface area (Å²) in [6, 6.07) is 69.0. The van der Waals surface area contributed by atoms with Gasteiger partial charge in [-0.3, -0.25) is 0 Å². The Morgan fingerprint density at radius 3 is 1.12 bits per heavy atom. The summed E-state index contributed by atoms with van der Waals surface area (Å²) in [6.07, 6.45) is 4.41. The van der Waals surface area contributed by atoms with Gasteiger partial charge in [0.1, 0.15) is 0 Å². The summed E-state index contributed by atoms with van der Waals surface area (Å²) in [7, 11) is 0. The highest BCUT2D eigenvalue weighted by Gasteiger charge is 2.37. The van der Waals surface area contributed by atoms with Crippen molar-refractivity contribution in [3.63, 3.8) is 0 Å². The van der Waals surface area contributed by atoms with Crippen LogP contribution in [0.25, 0.3) is 34.4 Å². The molecule has 0 saturated heterocycles. The van der Waals surface area contributed by atoms with Gasteiger partial charge in [-0.1, -0.05) is 161 Å². The fourth-order valence-electron chi connectivity index (χ4n) is 9.49. The van der Waals surface area contributed by atoms with Crippen molar-refractivity contribution in [1.82, 2.24) is 0 Å². The van der Waals surface area contributed by atoms with Crippen LogP contribution in [0.2, 0.25) is 0 Å². The summed E-state index contributed by atoms with van der Waals surface area (Å²) in [5, 5.41) is 0. The van der Waals surface area contributed by atoms with E-state index in [1.165, 1.54) is 50.1 Å². The molecule has 0 unspecified atom stereocenters. The van der Waals surface area contributed by atoms with E-state index in [4.69, 9.17) is 0 Å². The third-order valence-corrected chi connectivity index (χ3v) is 12.7. The highest BCUT2D eigenvalue weighted by atomic mass is 15.1. The quantitative estimate of drug-likeness (QED) is 0.142. The zero-order valence-electron chi connectivity index (χ0n) is 34.4. The molecule has 8 aromatic carbocycles. The standard InChI is InChI=1S/C57H48N2/c1-39-19-27-43(28-20-39)58(42-13-7-6-8-14-42)44-29-23-40(24-30-44)21-22-41-25-31-45(32-26-41)59(46-33-35-50-48-15-9-11-17-52(48)56(2,3)54(50)37-46)47-34-36-51-49-16-10-12-18-53(49)57(4,5)55(51)38-47/h6-38H,1-5H3/b22-21+. The van der Waals surface area contributed by atoms with E-state index < -0.39 is 0 Å². The van der Waals surface area contributed by atoms with Crippen molar-refractivity contribution in [2.45, 2.75) is 45.4 Å². The van der Waals surface area contributed by atoms with Crippen LogP contribution in [-0.2, 0) is 10.8 Å². The van der Waals surface area contributed by atoms with E-state index in [0.29, 0.717) is 0 Å². The molecule has 59 heavy (non-hydrogen) atoms. The van der Waals surface area contributed by atoms with Crippen LogP contribution < -0.4 is 9.80 Å². The molecule has 0 N–H and O–H groups in total. The average molecular weight is 761 g/mol. The Bertz CT molecular complexity index is 2750. The number of aryl methyl sites for hydroxylation is 1. The van der Waals surface area contributed by atoms with Gasteiger partial charge in [0.2, 0.25) is 0 Å². The maximum absolute atomic E-state index is 2.44. The van der Waals surface area contributed by atoms with Gasteiger partial charge >= 0.3 is 0 Å². The predicted molar refractivity (Wildman–Crippen MR) is 251 cm³/mol. The molecular weight excluding hydrogens is 713 g/mol. The number of benzene rings is 8. The van der Waals surface area contributed by atoms with Crippen molar-refractivity contribution < 1.29 is 0 Å². The maximum atomic E-state index is 2.44. The van der Waals surface area contributed by atoms with Crippen molar-refractivity contribution in [2.75, 3.05) is 9.80 Å². The molecule has 0 heterocycles. The van der Waals surface area contributed by atoms with Crippen LogP contribution in [0.4, 0.5) is 34.1 Å². The Balaban J connectivity index is 0.984. The van der Waals surface area contributed by atoms with Gasteiger partial charge in [-0.05, 0) is 135 Å². The Labute approximate surface area is 349 Å². The molecule has 0 fully saturated rings. The third-order valence-electron chi connectivity index (χ3n) is 12.7. The first-order valence-electron chi connectivity index (χ1n) is 20.8. The molecule has 0 radical (unpaired) electrons. The zero-order valence-corrected chi connectivity index (χ0v) is 34.4. The van der Waals surface area contributed by atoms with Crippen LogP contribution in [0.3, 0.4) is 0 Å². The smallest absolute Gasteiger partial charge is 0.0465 e. The molecule has 0 aromatic heterocycles. The Morgan fingerprint density at radius 2 is 0.661 bits per heavy atom. The average Bonchev–Trinajstić information content (AvgIpc) is 3.64. The fourth-order valence-corrected chi connectivity index (χ4v) is 9.49. The van der Waals surface area contributed by atoms with Crippen LogP contribution in [0.1, 0.15) is 66.6 Å². The molecule has 0 saturated carbocycles. The van der Waals surface area contributed by atoms with Gasteiger partial charge < -0.3 is 9.80 Å². The highest BCUT2D eigenvalue weighted by Crippen LogP contribution is 2.53. The van der Waals surface area contributed by atoms with E-state index in [0.717, 1.165) is 45.3 Å². The largest absolute Gasteiger partial charge is 0.311 e. The Morgan fingerprint density at radius 1 is 0.322 bits per heavy atom. The SMILES string of the molecule is Cc1ccc(N(c2ccccc2)c2ccc(/C=C/c3ccc(N(c4ccc5c(c4)C(C)(C)c4ccccc4-5)c4ccc5c(c4)C(C)(C)c4ccccc4-5)cc3)cc2)cc1. The molecule has 0 atom stereocenters. The summed E-state index contributed by atoms with van der Waals surface area (Å²) in [6.45, 7) is 11.6. The van der Waals surface area contributed by atoms with Crippen LogP contribution in [0, 0.1) is 6.92 Å². The van der Waals surface area contributed by atoms with Gasteiger partial charge in [-0.15, -0.1) is 0 Å². The van der Waals surface area contributed by atoms with Crippen molar-refractivity contribution in [1.29, 1.82) is 0 Å². The second-order valence-corrected chi connectivity index (χ2v) is 17.2. The van der Waals surface area contributed by atoms with E-state index in [-0.39, 0.29) is 10.8 Å². The first-order chi connectivity index (χ1) is 28.7. The molecule has 2 aliphatic carbocycles. The molecule has 8 aromatic rings. The maximum Gasteiger partial charge on any atom is 0.0465 e. The summed E-state index contributed by atoms with van der Waals surface area (Å²) >= 11 is 0. The van der Waals surface area contributed by atoms with Crippen LogP contribution in [0.5, 0.6) is 0 Å². The lowest BCUT2D eigenvalue weighted by Gasteiger charge is -2.29. The van der Waals surface area contributed by atoms with Gasteiger partial charge in [-0.25, -0.2) is 0 Å². The first kappa shape index (κ1) is 36.4. The van der Waals surface area contributed by atoms with Gasteiger partial charge in [0.25, 0.3) is 0 Å². The number of nitrogens with zero attached hydrogens (tertiary/aromatic N) is 2. The topological polar surface area (TPSA) is 6.48 Å². The van der Waals surface area contributed by atoms with Crippen molar-refractivity contribution in [3.8, 4) is 22.3 Å². The third kappa shape index (κ3) is 6.28. The molecule has 0 spiro atoms. The molecule has 0 amide bonds. The normalized spacial score (nSPS) is 14.1. The summed E-state index contributed by atoms with van der Waals surface area (Å²) in [4.78, 5) is 4.75.